The Morgan fingerprint density at radius 2 is 1.62 bits per heavy atom. The van der Waals surface area contributed by atoms with E-state index in [1.165, 1.54) is 5.69 Å². The van der Waals surface area contributed by atoms with Gasteiger partial charge in [0.2, 0.25) is 15.9 Å². The summed E-state index contributed by atoms with van der Waals surface area (Å²) in [6.07, 6.45) is 3.32. The van der Waals surface area contributed by atoms with Crippen molar-refractivity contribution in [1.82, 2.24) is 10.0 Å². The Labute approximate surface area is 205 Å². The van der Waals surface area contributed by atoms with Gasteiger partial charge in [-0.3, -0.25) is 4.79 Å². The minimum Gasteiger partial charge on any atom is -0.370 e. The quantitative estimate of drug-likeness (QED) is 0.525. The van der Waals surface area contributed by atoms with Crippen LogP contribution < -0.4 is 14.9 Å². The third-order valence-corrected chi connectivity index (χ3v) is 8.57. The highest BCUT2D eigenvalue weighted by atomic mass is 32.2. The number of para-hydroxylation sites is 1. The van der Waals surface area contributed by atoms with Crippen molar-refractivity contribution in [2.24, 2.45) is 11.8 Å². The van der Waals surface area contributed by atoms with Gasteiger partial charge in [0.25, 0.3) is 0 Å². The Bertz CT molecular complexity index is 1040. The van der Waals surface area contributed by atoms with Gasteiger partial charge in [-0.25, -0.2) is 13.1 Å². The molecule has 34 heavy (non-hydrogen) atoms. The van der Waals surface area contributed by atoms with Gasteiger partial charge in [-0.2, -0.15) is 0 Å². The largest absolute Gasteiger partial charge is 0.370 e. The number of nitrogens with one attached hydrogen (secondary N) is 2. The van der Waals surface area contributed by atoms with Crippen LogP contribution in [0.1, 0.15) is 49.3 Å². The Hall–Kier alpha value is -2.38. The van der Waals surface area contributed by atoms with E-state index in [-0.39, 0.29) is 17.7 Å². The lowest BCUT2D eigenvalue weighted by molar-refractivity contribution is -0.126. The molecule has 0 aromatic heterocycles. The van der Waals surface area contributed by atoms with Crippen molar-refractivity contribution in [2.75, 3.05) is 31.1 Å². The standard InChI is InChI=1S/C27H39N3O3S/c1-5-30(25-9-7-6-8-10-25)16-15-28-27(31)24-13-11-23(12-14-24)19-29-34(32,33)26-21(3)17-20(2)18-22(26)4/h6-10,17-18,23-24,29H,5,11-16,19H2,1-4H3,(H,28,31). The zero-order valence-corrected chi connectivity index (χ0v) is 21.7. The van der Waals surface area contributed by atoms with Crippen LogP contribution in [0.3, 0.4) is 0 Å². The molecule has 0 bridgehead atoms. The van der Waals surface area contributed by atoms with Crippen molar-refractivity contribution in [3.8, 4) is 0 Å². The zero-order chi connectivity index (χ0) is 24.7. The van der Waals surface area contributed by atoms with Crippen LogP contribution in [-0.2, 0) is 14.8 Å². The van der Waals surface area contributed by atoms with Crippen molar-refractivity contribution in [2.45, 2.75) is 58.3 Å². The topological polar surface area (TPSA) is 78.5 Å². The summed E-state index contributed by atoms with van der Waals surface area (Å²) in [5.74, 6) is 0.397. The van der Waals surface area contributed by atoms with Gasteiger partial charge in [-0.1, -0.05) is 35.9 Å². The molecule has 0 saturated heterocycles. The predicted octanol–water partition coefficient (Wildman–Crippen LogP) is 4.34. The van der Waals surface area contributed by atoms with E-state index in [0.717, 1.165) is 55.5 Å². The lowest BCUT2D eigenvalue weighted by Crippen LogP contribution is -2.39. The number of likely N-dealkylation sites (N-methyl/N-ethyl adjacent to an activating group) is 1. The lowest BCUT2D eigenvalue weighted by atomic mass is 9.81. The summed E-state index contributed by atoms with van der Waals surface area (Å²) < 4.78 is 28.7. The molecule has 186 valence electrons. The van der Waals surface area contributed by atoms with Crippen LogP contribution in [0.2, 0.25) is 0 Å². The SMILES string of the molecule is CCN(CCNC(=O)C1CCC(CNS(=O)(=O)c2c(C)cc(C)cc2C)CC1)c1ccccc1. The van der Waals surface area contributed by atoms with Crippen molar-refractivity contribution in [3.05, 3.63) is 59.2 Å². The van der Waals surface area contributed by atoms with Crippen LogP contribution in [-0.4, -0.2) is 40.5 Å². The Morgan fingerprint density at radius 1 is 1.00 bits per heavy atom. The maximum Gasteiger partial charge on any atom is 0.241 e. The fourth-order valence-corrected chi connectivity index (χ4v) is 6.65. The lowest BCUT2D eigenvalue weighted by Gasteiger charge is -2.28. The fourth-order valence-electron chi connectivity index (χ4n) is 5.09. The molecule has 6 nitrogen and oxygen atoms in total. The van der Waals surface area contributed by atoms with Crippen LogP contribution in [0, 0.1) is 32.6 Å². The number of rotatable bonds is 10. The number of benzene rings is 2. The van der Waals surface area contributed by atoms with Crippen molar-refractivity contribution in [1.29, 1.82) is 0 Å². The van der Waals surface area contributed by atoms with Crippen LogP contribution in [0.4, 0.5) is 5.69 Å². The van der Waals surface area contributed by atoms with Crippen LogP contribution in [0.15, 0.2) is 47.4 Å². The fraction of sp³-hybridized carbons (Fsp3) is 0.519. The monoisotopic (exact) mass is 485 g/mol. The maximum absolute atomic E-state index is 12.9. The second-order valence-electron chi connectivity index (χ2n) is 9.50. The van der Waals surface area contributed by atoms with E-state index in [0.29, 0.717) is 18.0 Å². The average molecular weight is 486 g/mol. The molecule has 1 aliphatic rings. The molecular weight excluding hydrogens is 446 g/mol. The molecule has 1 aliphatic carbocycles. The first-order valence-corrected chi connectivity index (χ1v) is 13.8. The van der Waals surface area contributed by atoms with Gasteiger partial charge in [-0.05, 0) is 82.6 Å². The highest BCUT2D eigenvalue weighted by Crippen LogP contribution is 2.29. The van der Waals surface area contributed by atoms with Gasteiger partial charge in [0, 0.05) is 37.8 Å². The van der Waals surface area contributed by atoms with E-state index in [2.05, 4.69) is 34.0 Å². The van der Waals surface area contributed by atoms with E-state index in [9.17, 15) is 13.2 Å². The summed E-state index contributed by atoms with van der Waals surface area (Å²) in [5, 5.41) is 3.10. The molecule has 2 N–H and O–H groups in total. The van der Waals surface area contributed by atoms with Crippen molar-refractivity contribution in [3.63, 3.8) is 0 Å². The highest BCUT2D eigenvalue weighted by Gasteiger charge is 2.28. The number of anilines is 1. The number of carbonyl (C=O) groups excluding carboxylic acids is 1. The van der Waals surface area contributed by atoms with Gasteiger partial charge >= 0.3 is 0 Å². The molecule has 1 amide bonds. The van der Waals surface area contributed by atoms with E-state index in [4.69, 9.17) is 0 Å². The summed E-state index contributed by atoms with van der Waals surface area (Å²) in [7, 11) is -3.55. The molecule has 2 aromatic carbocycles. The van der Waals surface area contributed by atoms with Crippen LogP contribution >= 0.6 is 0 Å². The molecule has 0 heterocycles. The molecule has 0 spiro atoms. The van der Waals surface area contributed by atoms with Gasteiger partial charge in [0.15, 0.2) is 0 Å². The third-order valence-electron chi connectivity index (χ3n) is 6.84. The molecule has 0 aliphatic heterocycles. The second-order valence-corrected chi connectivity index (χ2v) is 11.2. The average Bonchev–Trinajstić information content (AvgIpc) is 2.80. The molecule has 1 fully saturated rings. The van der Waals surface area contributed by atoms with Gasteiger partial charge < -0.3 is 10.2 Å². The van der Waals surface area contributed by atoms with E-state index in [1.807, 2.05) is 51.1 Å². The van der Waals surface area contributed by atoms with Gasteiger partial charge in [-0.15, -0.1) is 0 Å². The molecule has 2 aromatic rings. The van der Waals surface area contributed by atoms with Gasteiger partial charge in [0.1, 0.15) is 0 Å². The Morgan fingerprint density at radius 3 is 2.21 bits per heavy atom. The Kier molecular flexibility index (Phi) is 9.14. The number of sulfonamides is 1. The number of carbonyl (C=O) groups is 1. The van der Waals surface area contributed by atoms with Crippen molar-refractivity contribution >= 4 is 21.6 Å². The Balaban J connectivity index is 1.43. The van der Waals surface area contributed by atoms with Crippen LogP contribution in [0.25, 0.3) is 0 Å². The second kappa shape index (κ2) is 11.8. The summed E-state index contributed by atoms with van der Waals surface area (Å²) in [5.41, 5.74) is 3.78. The zero-order valence-electron chi connectivity index (χ0n) is 20.9. The summed E-state index contributed by atoms with van der Waals surface area (Å²) in [6.45, 7) is 10.5. The highest BCUT2D eigenvalue weighted by molar-refractivity contribution is 7.89. The van der Waals surface area contributed by atoms with Crippen LogP contribution in [0.5, 0.6) is 0 Å². The molecule has 7 heteroatoms. The van der Waals surface area contributed by atoms with Crippen molar-refractivity contribution < 1.29 is 13.2 Å². The number of hydrogen-bond donors (Lipinski definition) is 2. The summed E-state index contributed by atoms with van der Waals surface area (Å²) in [4.78, 5) is 15.3. The molecule has 3 rings (SSSR count). The minimum absolute atomic E-state index is 0.0150. The molecule has 0 radical (unpaired) electrons. The smallest absolute Gasteiger partial charge is 0.241 e. The number of nitrogens with zero attached hydrogens (tertiary/aromatic N) is 1. The molecular formula is C27H39N3O3S. The van der Waals surface area contributed by atoms with E-state index >= 15 is 0 Å². The van der Waals surface area contributed by atoms with E-state index < -0.39 is 10.0 Å². The summed E-state index contributed by atoms with van der Waals surface area (Å²) in [6, 6.07) is 14.0. The van der Waals surface area contributed by atoms with Gasteiger partial charge in [0.05, 0.1) is 4.90 Å². The number of hydrogen-bond acceptors (Lipinski definition) is 4. The van der Waals surface area contributed by atoms with E-state index in [1.54, 1.807) is 0 Å². The summed E-state index contributed by atoms with van der Waals surface area (Å²) >= 11 is 0. The first-order chi connectivity index (χ1) is 16.2. The molecule has 0 atom stereocenters. The first-order valence-electron chi connectivity index (χ1n) is 12.4. The molecule has 0 unspecified atom stereocenters. The predicted molar refractivity (Wildman–Crippen MR) is 139 cm³/mol. The molecule has 1 saturated carbocycles. The maximum atomic E-state index is 12.9. The number of aryl methyl sites for hydroxylation is 3. The third kappa shape index (κ3) is 6.83. The normalized spacial score (nSPS) is 18.5. The minimum atomic E-state index is -3.55. The first kappa shape index (κ1) is 26.2. The number of amides is 1.